The number of carboxylic acids is 1. The van der Waals surface area contributed by atoms with E-state index in [1.54, 1.807) is 37.3 Å². The Morgan fingerprint density at radius 3 is 2.27 bits per heavy atom. The van der Waals surface area contributed by atoms with Crippen molar-refractivity contribution in [2.45, 2.75) is 89.3 Å². The van der Waals surface area contributed by atoms with Crippen LogP contribution in [0.1, 0.15) is 57.9 Å². The van der Waals surface area contributed by atoms with E-state index in [1.807, 2.05) is 0 Å². The summed E-state index contributed by atoms with van der Waals surface area (Å²) in [5, 5.41) is 39.2. The lowest BCUT2D eigenvalue weighted by molar-refractivity contribution is -0.141. The number of amides is 8. The second-order valence-electron chi connectivity index (χ2n) is 14.5. The molecule has 12 N–H and O–H groups in total. The molecule has 1 saturated heterocycles. The molecule has 366 valence electrons. The number of carbonyl (C=O) groups excluding carboxylic acids is 7. The molecular formula is C39H62N14O13. The molecule has 0 spiro atoms. The van der Waals surface area contributed by atoms with Crippen molar-refractivity contribution < 1.29 is 62.4 Å². The first-order valence-corrected chi connectivity index (χ1v) is 21.2. The number of nitrogens with two attached hydrogens (primary N) is 1. The van der Waals surface area contributed by atoms with Crippen LogP contribution in [-0.4, -0.2) is 160 Å². The number of guanidine groups is 1. The second-order valence-corrected chi connectivity index (χ2v) is 14.5. The van der Waals surface area contributed by atoms with Gasteiger partial charge in [0.1, 0.15) is 18.1 Å². The molecule has 5 atom stereocenters. The van der Waals surface area contributed by atoms with Crippen molar-refractivity contribution in [1.82, 2.24) is 47.7 Å². The molecule has 0 aliphatic carbocycles. The van der Waals surface area contributed by atoms with Gasteiger partial charge in [0, 0.05) is 31.3 Å². The van der Waals surface area contributed by atoms with Gasteiger partial charge in [-0.25, -0.2) is 9.80 Å². The van der Waals surface area contributed by atoms with Crippen LogP contribution in [0.3, 0.4) is 0 Å². The summed E-state index contributed by atoms with van der Waals surface area (Å²) in [5.41, 5.74) is 17.1. The number of nitrogens with zero attached hydrogens (tertiary/aromatic N) is 4. The fourth-order valence-corrected chi connectivity index (χ4v) is 5.94. The Morgan fingerprint density at radius 2 is 1.62 bits per heavy atom. The molecule has 2 unspecified atom stereocenters. The molecule has 1 aromatic carbocycles. The number of hydrogen-bond donors (Lipinski definition) is 11. The summed E-state index contributed by atoms with van der Waals surface area (Å²) in [4.78, 5) is 105. The van der Waals surface area contributed by atoms with E-state index in [-0.39, 0.29) is 103 Å². The van der Waals surface area contributed by atoms with Crippen LogP contribution in [0.25, 0.3) is 10.4 Å². The van der Waals surface area contributed by atoms with Gasteiger partial charge in [-0.15, -0.1) is 0 Å². The number of rotatable bonds is 28. The van der Waals surface area contributed by atoms with Crippen molar-refractivity contribution in [2.75, 3.05) is 65.9 Å². The zero-order valence-electron chi connectivity index (χ0n) is 37.0. The highest BCUT2D eigenvalue weighted by Gasteiger charge is 2.35. The monoisotopic (exact) mass is 934 g/mol. The Labute approximate surface area is 380 Å². The van der Waals surface area contributed by atoms with E-state index in [0.29, 0.717) is 12.0 Å². The predicted octanol–water partition coefficient (Wildman–Crippen LogP) is -2.05. The largest absolute Gasteiger partial charge is 0.481 e. The van der Waals surface area contributed by atoms with Crippen LogP contribution in [-0.2, 0) is 59.1 Å². The van der Waals surface area contributed by atoms with Crippen LogP contribution in [0.4, 0.5) is 4.79 Å². The summed E-state index contributed by atoms with van der Waals surface area (Å²) in [6, 6.07) is 2.00. The molecule has 1 heterocycles. The van der Waals surface area contributed by atoms with E-state index in [1.165, 1.54) is 6.92 Å². The molecule has 0 saturated carbocycles. The van der Waals surface area contributed by atoms with E-state index < -0.39 is 84.9 Å². The molecule has 1 fully saturated rings. The standard InChI is InChI=1S/C39H62N14O13/c1-3-27(47-38(40)41)34-37(61)45-22-31(56)46-29(21-33(57)58)36(60)51-53(23-26-9-5-4-6-10-26)39(62)48-28(35(59)49-34)11-7-8-13-44-30(55)12-15-63-17-18-64-19-20-65-24-32(50-52-42)66-16-14-43-25(2)54/h4-6,9-10,27-29,32,34H,3,7-8,11-24H2,1-2H3,(H,43,54)(H,44,55)(H,45,61)(H,46,56)(H,48,62)(H,49,59)(H,51,60)(H,57,58)(H4,40,41,47)/t27?,28-,29-,32?,34-/m0/s1. The minimum absolute atomic E-state index is 0.0103. The van der Waals surface area contributed by atoms with Crippen LogP contribution in [0.5, 0.6) is 0 Å². The first-order valence-electron chi connectivity index (χ1n) is 21.2. The minimum atomic E-state index is -1.68. The van der Waals surface area contributed by atoms with Gasteiger partial charge in [-0.05, 0) is 36.8 Å². The third-order valence-electron chi connectivity index (χ3n) is 9.19. The van der Waals surface area contributed by atoms with Crippen molar-refractivity contribution in [3.63, 3.8) is 0 Å². The summed E-state index contributed by atoms with van der Waals surface area (Å²) in [6.07, 6.45) is -0.960. The number of carbonyl (C=O) groups is 8. The van der Waals surface area contributed by atoms with Gasteiger partial charge in [-0.3, -0.25) is 44.4 Å². The van der Waals surface area contributed by atoms with Gasteiger partial charge in [0.25, 0.3) is 5.91 Å². The molecule has 2 rings (SSSR count). The fraction of sp³-hybridized carbons (Fsp3) is 0.615. The average molecular weight is 935 g/mol. The summed E-state index contributed by atoms with van der Waals surface area (Å²) in [6.45, 7) is 3.55. The molecule has 1 aliphatic heterocycles. The molecule has 0 radical (unpaired) electrons. The van der Waals surface area contributed by atoms with Gasteiger partial charge in [0.05, 0.1) is 71.8 Å². The van der Waals surface area contributed by atoms with E-state index >= 15 is 0 Å². The highest BCUT2D eigenvalue weighted by Crippen LogP contribution is 2.09. The number of benzene rings is 1. The van der Waals surface area contributed by atoms with Crippen LogP contribution in [0.15, 0.2) is 35.4 Å². The first kappa shape index (κ1) is 55.3. The Balaban J connectivity index is 2.00. The van der Waals surface area contributed by atoms with Crippen molar-refractivity contribution in [3.8, 4) is 0 Å². The molecule has 27 heteroatoms. The highest BCUT2D eigenvalue weighted by molar-refractivity contribution is 5.96. The van der Waals surface area contributed by atoms with E-state index in [2.05, 4.69) is 52.7 Å². The lowest BCUT2D eigenvalue weighted by atomic mass is 10.0. The van der Waals surface area contributed by atoms with Crippen LogP contribution >= 0.6 is 0 Å². The normalized spacial score (nSPS) is 18.0. The zero-order chi connectivity index (χ0) is 48.7. The quantitative estimate of drug-likeness (QED) is 0.0108. The number of carboxylic acid groups (broad SMARTS) is 1. The molecule has 1 aromatic rings. The lowest BCUT2D eigenvalue weighted by Gasteiger charge is -2.30. The number of nitrogens with one attached hydrogen (secondary N) is 9. The summed E-state index contributed by atoms with van der Waals surface area (Å²) in [5.74, 6) is -6.21. The van der Waals surface area contributed by atoms with Gasteiger partial charge in [0.15, 0.2) is 12.2 Å². The molecular weight excluding hydrogens is 873 g/mol. The number of unbranched alkanes of at least 4 members (excludes halogenated alkanes) is 1. The average Bonchev–Trinajstić information content (AvgIpc) is 3.27. The topological polar surface area (TPSA) is 392 Å². The van der Waals surface area contributed by atoms with Crippen molar-refractivity contribution in [3.05, 3.63) is 46.3 Å². The number of hydrogen-bond acceptors (Lipinski definition) is 14. The highest BCUT2D eigenvalue weighted by atomic mass is 16.6. The summed E-state index contributed by atoms with van der Waals surface area (Å²) in [7, 11) is 0. The number of hydrazine groups is 1. The molecule has 1 aliphatic rings. The molecule has 0 bridgehead atoms. The Morgan fingerprint density at radius 1 is 0.924 bits per heavy atom. The van der Waals surface area contributed by atoms with Gasteiger partial charge < -0.3 is 67.0 Å². The van der Waals surface area contributed by atoms with Gasteiger partial charge in [-0.2, -0.15) is 0 Å². The van der Waals surface area contributed by atoms with Crippen LogP contribution < -0.4 is 48.4 Å². The third-order valence-corrected chi connectivity index (χ3v) is 9.19. The molecule has 27 nitrogen and oxygen atoms in total. The minimum Gasteiger partial charge on any atom is -0.481 e. The predicted molar refractivity (Wildman–Crippen MR) is 232 cm³/mol. The molecule has 8 amide bonds. The van der Waals surface area contributed by atoms with Gasteiger partial charge >= 0.3 is 12.0 Å². The SMILES string of the molecule is CCC(NC(=N)N)[C@@H]1NC(=O)[C@H](CCCCNC(=O)CCOCCOCCOCC(N=[N+]=[N-])OCCNC(C)=O)NC(=O)N(Cc2ccccc2)NC(=O)[C@H](CC(=O)O)NC(=O)CNC1=O. The first-order chi connectivity index (χ1) is 31.6. The smallest absolute Gasteiger partial charge is 0.337 e. The van der Waals surface area contributed by atoms with E-state index in [9.17, 15) is 43.5 Å². The third kappa shape index (κ3) is 23.8. The van der Waals surface area contributed by atoms with Gasteiger partial charge in [0.2, 0.25) is 29.5 Å². The summed E-state index contributed by atoms with van der Waals surface area (Å²) < 4.78 is 21.6. The van der Waals surface area contributed by atoms with Gasteiger partial charge in [-0.1, -0.05) is 42.4 Å². The Kier molecular flexibility index (Phi) is 26.8. The Bertz CT molecular complexity index is 1800. The maximum atomic E-state index is 14.0. The number of ether oxygens (including phenoxy) is 4. The van der Waals surface area contributed by atoms with Crippen molar-refractivity contribution in [2.24, 2.45) is 10.8 Å². The van der Waals surface area contributed by atoms with Crippen LogP contribution in [0, 0.1) is 5.41 Å². The zero-order valence-corrected chi connectivity index (χ0v) is 37.0. The second kappa shape index (κ2) is 32.0. The number of urea groups is 1. The van der Waals surface area contributed by atoms with E-state index in [0.717, 1.165) is 5.01 Å². The maximum absolute atomic E-state index is 14.0. The van der Waals surface area contributed by atoms with E-state index in [4.69, 9.17) is 35.6 Å². The number of azide groups is 1. The summed E-state index contributed by atoms with van der Waals surface area (Å²) >= 11 is 0. The Hall–Kier alpha value is -6.80. The molecule has 0 aromatic heterocycles. The maximum Gasteiger partial charge on any atom is 0.337 e. The van der Waals surface area contributed by atoms with Crippen LogP contribution in [0.2, 0.25) is 0 Å². The fourth-order valence-electron chi connectivity index (χ4n) is 5.94. The van der Waals surface area contributed by atoms with Crippen molar-refractivity contribution in [1.29, 1.82) is 5.41 Å². The molecule has 66 heavy (non-hydrogen) atoms. The number of aliphatic carboxylic acids is 1. The lowest BCUT2D eigenvalue weighted by Crippen LogP contribution is -2.63. The van der Waals surface area contributed by atoms with Crippen molar-refractivity contribution >= 4 is 53.4 Å².